The third kappa shape index (κ3) is 3.59. The van der Waals surface area contributed by atoms with Crippen LogP contribution in [0.1, 0.15) is 6.92 Å². The third-order valence-corrected chi connectivity index (χ3v) is 3.46. The van der Waals surface area contributed by atoms with Gasteiger partial charge in [0.1, 0.15) is 11.0 Å². The van der Waals surface area contributed by atoms with E-state index in [-0.39, 0.29) is 12.1 Å². The van der Waals surface area contributed by atoms with Gasteiger partial charge in [0, 0.05) is 12.6 Å². The van der Waals surface area contributed by atoms with Gasteiger partial charge in [-0.05, 0) is 36.9 Å². The lowest BCUT2D eigenvalue weighted by Crippen LogP contribution is -2.32. The Balaban J connectivity index is 2.83. The number of anilines is 1. The van der Waals surface area contributed by atoms with Gasteiger partial charge in [-0.25, -0.2) is 4.68 Å². The van der Waals surface area contributed by atoms with E-state index < -0.39 is 0 Å². The molecule has 0 aliphatic rings. The van der Waals surface area contributed by atoms with Crippen LogP contribution in [0.15, 0.2) is 15.5 Å². The molecular formula is C12H17BrN4O. The number of aromatic nitrogens is 2. The lowest BCUT2D eigenvalue weighted by molar-refractivity contribution is 0.326. The number of halogens is 1. The number of nitrogens with zero attached hydrogens (tertiary/aromatic N) is 3. The van der Waals surface area contributed by atoms with Gasteiger partial charge in [-0.2, -0.15) is 5.10 Å². The molecule has 1 aromatic heterocycles. The van der Waals surface area contributed by atoms with Crippen molar-refractivity contribution in [1.82, 2.24) is 14.7 Å². The second-order valence-corrected chi connectivity index (χ2v) is 5.03. The Kier molecular flexibility index (Phi) is 5.38. The smallest absolute Gasteiger partial charge is 0.284 e. The Morgan fingerprint density at radius 2 is 2.33 bits per heavy atom. The molecule has 1 unspecified atom stereocenters. The second-order valence-electron chi connectivity index (χ2n) is 4.23. The first-order valence-electron chi connectivity index (χ1n) is 5.56. The predicted octanol–water partition coefficient (Wildman–Crippen LogP) is 1.00. The van der Waals surface area contributed by atoms with Crippen LogP contribution in [0, 0.1) is 12.3 Å². The molecule has 18 heavy (non-hydrogen) atoms. The summed E-state index contributed by atoms with van der Waals surface area (Å²) in [5.74, 6) is 2.39. The SMILES string of the molecule is C#CCn1ncc(NCC(C)N(C)C)c(Br)c1=O. The molecule has 98 valence electrons. The molecule has 1 heterocycles. The minimum atomic E-state index is -0.226. The molecule has 0 radical (unpaired) electrons. The van der Waals surface area contributed by atoms with Crippen molar-refractivity contribution in [2.45, 2.75) is 19.5 Å². The van der Waals surface area contributed by atoms with Gasteiger partial charge in [-0.15, -0.1) is 6.42 Å². The molecule has 6 heteroatoms. The van der Waals surface area contributed by atoms with E-state index in [1.807, 2.05) is 14.1 Å². The second kappa shape index (κ2) is 6.57. The molecule has 0 fully saturated rings. The van der Waals surface area contributed by atoms with E-state index in [9.17, 15) is 4.79 Å². The molecule has 5 nitrogen and oxygen atoms in total. The van der Waals surface area contributed by atoms with Crippen LogP contribution in [0.2, 0.25) is 0 Å². The van der Waals surface area contributed by atoms with Gasteiger partial charge in [-0.1, -0.05) is 5.92 Å². The minimum Gasteiger partial charge on any atom is -0.381 e. The van der Waals surface area contributed by atoms with Crippen LogP contribution >= 0.6 is 15.9 Å². The fourth-order valence-corrected chi connectivity index (χ4v) is 1.67. The molecule has 0 spiro atoms. The van der Waals surface area contributed by atoms with E-state index in [0.717, 1.165) is 6.54 Å². The largest absolute Gasteiger partial charge is 0.381 e. The van der Waals surface area contributed by atoms with E-state index in [0.29, 0.717) is 16.2 Å². The molecule has 1 atom stereocenters. The molecule has 1 N–H and O–H groups in total. The van der Waals surface area contributed by atoms with Crippen LogP contribution in [-0.2, 0) is 6.54 Å². The highest BCUT2D eigenvalue weighted by molar-refractivity contribution is 9.10. The fraction of sp³-hybridized carbons (Fsp3) is 0.500. The predicted molar refractivity (Wildman–Crippen MR) is 76.7 cm³/mol. The summed E-state index contributed by atoms with van der Waals surface area (Å²) in [5, 5.41) is 7.20. The average Bonchev–Trinajstić information content (AvgIpc) is 2.33. The maximum Gasteiger partial charge on any atom is 0.284 e. The summed E-state index contributed by atoms with van der Waals surface area (Å²) in [7, 11) is 4.01. The van der Waals surface area contributed by atoms with Crippen LogP contribution < -0.4 is 10.9 Å². The summed E-state index contributed by atoms with van der Waals surface area (Å²) in [6.07, 6.45) is 6.77. The molecule has 0 saturated heterocycles. The van der Waals surface area contributed by atoms with Crippen LogP contribution in [-0.4, -0.2) is 41.4 Å². The van der Waals surface area contributed by atoms with Gasteiger partial charge >= 0.3 is 0 Å². The number of rotatable bonds is 5. The quantitative estimate of drug-likeness (QED) is 0.824. The van der Waals surface area contributed by atoms with Crippen molar-refractivity contribution < 1.29 is 0 Å². The van der Waals surface area contributed by atoms with E-state index in [1.54, 1.807) is 6.20 Å². The monoisotopic (exact) mass is 312 g/mol. The summed E-state index contributed by atoms with van der Waals surface area (Å²) >= 11 is 3.27. The summed E-state index contributed by atoms with van der Waals surface area (Å²) in [5.41, 5.74) is 0.456. The molecule has 0 amide bonds. The molecule has 0 aromatic carbocycles. The first kappa shape index (κ1) is 14.7. The molecule has 0 aliphatic carbocycles. The molecule has 1 aromatic rings. The zero-order valence-electron chi connectivity index (χ0n) is 10.8. The Labute approximate surface area is 115 Å². The van der Waals surface area contributed by atoms with Gasteiger partial charge in [0.15, 0.2) is 0 Å². The lowest BCUT2D eigenvalue weighted by atomic mass is 10.3. The van der Waals surface area contributed by atoms with Gasteiger partial charge in [-0.3, -0.25) is 4.79 Å². The summed E-state index contributed by atoms with van der Waals surface area (Å²) < 4.78 is 1.70. The highest BCUT2D eigenvalue weighted by Gasteiger charge is 2.10. The summed E-state index contributed by atoms with van der Waals surface area (Å²) in [6, 6.07) is 0.352. The van der Waals surface area contributed by atoms with Gasteiger partial charge in [0.25, 0.3) is 5.56 Å². The van der Waals surface area contributed by atoms with Gasteiger partial charge < -0.3 is 10.2 Å². The standard InChI is InChI=1S/C12H17BrN4O/c1-5-6-17-12(18)11(13)10(8-15-17)14-7-9(2)16(3)4/h1,8-9,14H,6-7H2,2-4H3. The number of hydrogen-bond acceptors (Lipinski definition) is 4. The van der Waals surface area contributed by atoms with Crippen molar-refractivity contribution in [3.63, 3.8) is 0 Å². The number of terminal acetylenes is 1. The van der Waals surface area contributed by atoms with Crippen molar-refractivity contribution in [3.8, 4) is 12.3 Å². The van der Waals surface area contributed by atoms with Crippen molar-refractivity contribution in [2.75, 3.05) is 26.0 Å². The highest BCUT2D eigenvalue weighted by atomic mass is 79.9. The topological polar surface area (TPSA) is 50.2 Å². The van der Waals surface area contributed by atoms with E-state index in [4.69, 9.17) is 6.42 Å². The number of hydrogen-bond donors (Lipinski definition) is 1. The van der Waals surface area contributed by atoms with Gasteiger partial charge in [0.05, 0.1) is 11.9 Å². The van der Waals surface area contributed by atoms with Crippen LogP contribution in [0.5, 0.6) is 0 Å². The van der Waals surface area contributed by atoms with Crippen LogP contribution in [0.3, 0.4) is 0 Å². The molecule has 0 bridgehead atoms. The van der Waals surface area contributed by atoms with Crippen molar-refractivity contribution in [3.05, 3.63) is 21.0 Å². The Morgan fingerprint density at radius 1 is 1.67 bits per heavy atom. The van der Waals surface area contributed by atoms with Crippen molar-refractivity contribution in [1.29, 1.82) is 0 Å². The Bertz CT molecular complexity index is 504. The third-order valence-electron chi connectivity index (χ3n) is 2.70. The normalized spacial score (nSPS) is 12.2. The maximum atomic E-state index is 11.9. The zero-order chi connectivity index (χ0) is 13.7. The van der Waals surface area contributed by atoms with Crippen LogP contribution in [0.4, 0.5) is 5.69 Å². The average molecular weight is 313 g/mol. The van der Waals surface area contributed by atoms with E-state index in [2.05, 4.69) is 44.1 Å². The summed E-state index contributed by atoms with van der Waals surface area (Å²) in [4.78, 5) is 14.0. The van der Waals surface area contributed by atoms with E-state index >= 15 is 0 Å². The highest BCUT2D eigenvalue weighted by Crippen LogP contribution is 2.16. The summed E-state index contributed by atoms with van der Waals surface area (Å²) in [6.45, 7) is 2.99. The van der Waals surface area contributed by atoms with Crippen molar-refractivity contribution in [2.24, 2.45) is 0 Å². The molecule has 0 aliphatic heterocycles. The van der Waals surface area contributed by atoms with Crippen molar-refractivity contribution >= 4 is 21.6 Å². The first-order valence-corrected chi connectivity index (χ1v) is 6.36. The molecule has 0 saturated carbocycles. The Hall–Kier alpha value is -1.32. The number of likely N-dealkylation sites (N-methyl/N-ethyl adjacent to an activating group) is 1. The first-order chi connectivity index (χ1) is 8.47. The molecule has 1 rings (SSSR count). The lowest BCUT2D eigenvalue weighted by Gasteiger charge is -2.20. The van der Waals surface area contributed by atoms with E-state index in [1.165, 1.54) is 4.68 Å². The minimum absolute atomic E-state index is 0.172. The van der Waals surface area contributed by atoms with Crippen LogP contribution in [0.25, 0.3) is 0 Å². The fourth-order valence-electron chi connectivity index (χ4n) is 1.23. The maximum absolute atomic E-state index is 11.9. The van der Waals surface area contributed by atoms with Gasteiger partial charge in [0.2, 0.25) is 0 Å². The Morgan fingerprint density at radius 3 is 2.89 bits per heavy atom. The zero-order valence-corrected chi connectivity index (χ0v) is 12.4. The number of nitrogens with one attached hydrogen (secondary N) is 1. The molecular weight excluding hydrogens is 296 g/mol.